The van der Waals surface area contributed by atoms with Gasteiger partial charge in [0.05, 0.1) is 13.0 Å². The van der Waals surface area contributed by atoms with Crippen LogP contribution in [0.4, 0.5) is 0 Å². The Morgan fingerprint density at radius 1 is 1.44 bits per heavy atom. The largest absolute Gasteiger partial charge is 0.466 e. The zero-order chi connectivity index (χ0) is 13.0. The molecule has 0 aromatic heterocycles. The molecular formula is C15H21NO2. The molecule has 1 unspecified atom stereocenters. The molecule has 0 aliphatic heterocycles. The van der Waals surface area contributed by atoms with Crippen LogP contribution in [0.2, 0.25) is 0 Å². The summed E-state index contributed by atoms with van der Waals surface area (Å²) in [7, 11) is 0. The maximum atomic E-state index is 11.4. The Bertz CT molecular complexity index is 429. The van der Waals surface area contributed by atoms with Crippen LogP contribution in [0.15, 0.2) is 18.2 Å². The first-order chi connectivity index (χ1) is 8.72. The summed E-state index contributed by atoms with van der Waals surface area (Å²) in [4.78, 5) is 11.4. The van der Waals surface area contributed by atoms with Gasteiger partial charge in [-0.05, 0) is 55.3 Å². The Kier molecular flexibility index (Phi) is 4.37. The molecule has 0 amide bonds. The number of esters is 1. The maximum absolute atomic E-state index is 11.4. The number of fused-ring (bicyclic) bond motifs is 1. The van der Waals surface area contributed by atoms with E-state index in [0.717, 1.165) is 31.4 Å². The number of nitrogens with two attached hydrogens (primary N) is 1. The topological polar surface area (TPSA) is 52.3 Å². The van der Waals surface area contributed by atoms with E-state index in [4.69, 9.17) is 10.5 Å². The number of rotatable bonds is 4. The molecule has 1 aromatic rings. The fraction of sp³-hybridized carbons (Fsp3) is 0.533. The summed E-state index contributed by atoms with van der Waals surface area (Å²) < 4.78 is 4.97. The lowest BCUT2D eigenvalue weighted by Crippen LogP contribution is -2.22. The lowest BCUT2D eigenvalue weighted by atomic mass is 9.83. The molecule has 0 saturated heterocycles. The number of aryl methyl sites for hydroxylation is 1. The Labute approximate surface area is 108 Å². The monoisotopic (exact) mass is 247 g/mol. The average Bonchev–Trinajstić information content (AvgIpc) is 2.38. The van der Waals surface area contributed by atoms with E-state index in [9.17, 15) is 4.79 Å². The second-order valence-corrected chi connectivity index (χ2v) is 4.93. The van der Waals surface area contributed by atoms with E-state index in [1.54, 1.807) is 0 Å². The van der Waals surface area contributed by atoms with Crippen molar-refractivity contribution in [1.29, 1.82) is 0 Å². The quantitative estimate of drug-likeness (QED) is 0.826. The van der Waals surface area contributed by atoms with Gasteiger partial charge < -0.3 is 10.5 Å². The van der Waals surface area contributed by atoms with Gasteiger partial charge >= 0.3 is 5.97 Å². The zero-order valence-electron chi connectivity index (χ0n) is 10.9. The van der Waals surface area contributed by atoms with E-state index in [1.807, 2.05) is 13.0 Å². The van der Waals surface area contributed by atoms with E-state index in [2.05, 4.69) is 12.1 Å². The van der Waals surface area contributed by atoms with Crippen molar-refractivity contribution in [3.8, 4) is 0 Å². The number of carbonyl (C=O) groups is 1. The van der Waals surface area contributed by atoms with Gasteiger partial charge in [-0.25, -0.2) is 0 Å². The molecule has 1 aliphatic carbocycles. The lowest BCUT2D eigenvalue weighted by Gasteiger charge is -2.23. The van der Waals surface area contributed by atoms with Crippen molar-refractivity contribution in [1.82, 2.24) is 0 Å². The number of benzene rings is 1. The van der Waals surface area contributed by atoms with Crippen LogP contribution in [0.1, 0.15) is 30.0 Å². The van der Waals surface area contributed by atoms with Crippen LogP contribution in [0, 0.1) is 5.92 Å². The minimum absolute atomic E-state index is 0.145. The smallest absolute Gasteiger partial charge is 0.310 e. The van der Waals surface area contributed by atoms with E-state index >= 15 is 0 Å². The second kappa shape index (κ2) is 6.01. The van der Waals surface area contributed by atoms with Gasteiger partial charge in [0.25, 0.3) is 0 Å². The van der Waals surface area contributed by atoms with Crippen LogP contribution < -0.4 is 5.73 Å². The predicted octanol–water partition coefficient (Wildman–Crippen LogP) is 1.86. The summed E-state index contributed by atoms with van der Waals surface area (Å²) in [6.45, 7) is 3.05. The fourth-order valence-electron chi connectivity index (χ4n) is 2.57. The van der Waals surface area contributed by atoms with Crippen molar-refractivity contribution in [3.63, 3.8) is 0 Å². The molecule has 2 rings (SSSR count). The molecule has 1 aliphatic rings. The highest BCUT2D eigenvalue weighted by Gasteiger charge is 2.18. The highest BCUT2D eigenvalue weighted by Crippen LogP contribution is 2.26. The van der Waals surface area contributed by atoms with Crippen molar-refractivity contribution >= 4 is 5.97 Å². The van der Waals surface area contributed by atoms with Crippen LogP contribution in [-0.2, 0) is 28.8 Å². The van der Waals surface area contributed by atoms with Crippen molar-refractivity contribution in [2.75, 3.05) is 13.2 Å². The first-order valence-electron chi connectivity index (χ1n) is 6.69. The third-order valence-corrected chi connectivity index (χ3v) is 3.59. The molecule has 98 valence electrons. The Morgan fingerprint density at radius 3 is 3.00 bits per heavy atom. The number of hydrogen-bond donors (Lipinski definition) is 1. The van der Waals surface area contributed by atoms with Gasteiger partial charge in [0.15, 0.2) is 0 Å². The summed E-state index contributed by atoms with van der Waals surface area (Å²) in [5.74, 6) is 0.474. The van der Waals surface area contributed by atoms with Crippen LogP contribution in [0.3, 0.4) is 0 Å². The molecule has 0 spiro atoms. The average molecular weight is 247 g/mol. The van der Waals surface area contributed by atoms with E-state index in [1.165, 1.54) is 11.1 Å². The van der Waals surface area contributed by atoms with Crippen molar-refractivity contribution in [2.45, 2.75) is 32.6 Å². The molecule has 18 heavy (non-hydrogen) atoms. The molecule has 1 aromatic carbocycles. The van der Waals surface area contributed by atoms with E-state index in [0.29, 0.717) is 18.9 Å². The van der Waals surface area contributed by atoms with E-state index < -0.39 is 0 Å². The molecule has 2 N–H and O–H groups in total. The minimum atomic E-state index is -0.145. The third kappa shape index (κ3) is 3.10. The van der Waals surface area contributed by atoms with Crippen molar-refractivity contribution in [3.05, 3.63) is 34.9 Å². The number of ether oxygens (including phenoxy) is 1. The fourth-order valence-corrected chi connectivity index (χ4v) is 2.57. The van der Waals surface area contributed by atoms with Gasteiger partial charge in [-0.1, -0.05) is 18.2 Å². The molecule has 0 fully saturated rings. The van der Waals surface area contributed by atoms with Gasteiger partial charge in [-0.15, -0.1) is 0 Å². The number of hydrogen-bond acceptors (Lipinski definition) is 3. The number of carbonyl (C=O) groups excluding carboxylic acids is 1. The van der Waals surface area contributed by atoms with Crippen molar-refractivity contribution in [2.24, 2.45) is 11.7 Å². The Morgan fingerprint density at radius 2 is 2.28 bits per heavy atom. The normalized spacial score (nSPS) is 18.2. The first kappa shape index (κ1) is 13.1. The summed E-state index contributed by atoms with van der Waals surface area (Å²) in [5, 5.41) is 0. The van der Waals surface area contributed by atoms with Crippen molar-refractivity contribution < 1.29 is 9.53 Å². The molecule has 1 atom stereocenters. The summed E-state index contributed by atoms with van der Waals surface area (Å²) >= 11 is 0. The zero-order valence-corrected chi connectivity index (χ0v) is 10.9. The molecule has 0 bridgehead atoms. The minimum Gasteiger partial charge on any atom is -0.466 e. The van der Waals surface area contributed by atoms with Gasteiger partial charge in [0, 0.05) is 0 Å². The van der Waals surface area contributed by atoms with Gasteiger partial charge in [-0.3, -0.25) is 4.79 Å². The standard InChI is InChI=1S/C15H21NO2/c1-2-18-15(17)9-11-3-5-14-8-12(10-16)4-6-13(14)7-11/h3,5,7,12H,2,4,6,8-10,16H2,1H3. The molecule has 3 heteroatoms. The van der Waals surface area contributed by atoms with Gasteiger partial charge in [0.2, 0.25) is 0 Å². The Hall–Kier alpha value is -1.35. The van der Waals surface area contributed by atoms with Crippen LogP contribution in [-0.4, -0.2) is 19.1 Å². The van der Waals surface area contributed by atoms with Gasteiger partial charge in [0.1, 0.15) is 0 Å². The highest BCUT2D eigenvalue weighted by atomic mass is 16.5. The van der Waals surface area contributed by atoms with Crippen LogP contribution in [0.5, 0.6) is 0 Å². The summed E-state index contributed by atoms with van der Waals surface area (Å²) in [6, 6.07) is 6.33. The molecule has 0 saturated carbocycles. The predicted molar refractivity (Wildman–Crippen MR) is 71.3 cm³/mol. The lowest BCUT2D eigenvalue weighted by molar-refractivity contribution is -0.142. The van der Waals surface area contributed by atoms with Crippen LogP contribution >= 0.6 is 0 Å². The summed E-state index contributed by atoms with van der Waals surface area (Å²) in [6.07, 6.45) is 3.69. The van der Waals surface area contributed by atoms with Gasteiger partial charge in [-0.2, -0.15) is 0 Å². The molecule has 3 nitrogen and oxygen atoms in total. The Balaban J connectivity index is 2.06. The van der Waals surface area contributed by atoms with Crippen LogP contribution in [0.25, 0.3) is 0 Å². The maximum Gasteiger partial charge on any atom is 0.310 e. The molecule has 0 radical (unpaired) electrons. The second-order valence-electron chi connectivity index (χ2n) is 4.93. The molecular weight excluding hydrogens is 226 g/mol. The first-order valence-corrected chi connectivity index (χ1v) is 6.69. The SMILES string of the molecule is CCOC(=O)Cc1ccc2c(c1)CCC(CN)C2. The summed E-state index contributed by atoms with van der Waals surface area (Å²) in [5.41, 5.74) is 9.55. The molecule has 0 heterocycles. The third-order valence-electron chi connectivity index (χ3n) is 3.59. The highest BCUT2D eigenvalue weighted by molar-refractivity contribution is 5.72. The van der Waals surface area contributed by atoms with E-state index in [-0.39, 0.29) is 5.97 Å².